The summed E-state index contributed by atoms with van der Waals surface area (Å²) in [5.41, 5.74) is 3.47. The molecule has 1 rings (SSSR count). The predicted molar refractivity (Wildman–Crippen MR) is 83.4 cm³/mol. The molecule has 0 saturated carbocycles. The molecule has 0 aromatic heterocycles. The number of carbonyl (C=O) groups is 1. The molecular formula is C17H25NO2. The molecule has 1 aromatic rings. The van der Waals surface area contributed by atoms with Gasteiger partial charge in [0, 0.05) is 19.2 Å². The molecule has 0 fully saturated rings. The fourth-order valence-electron chi connectivity index (χ4n) is 1.99. The first-order chi connectivity index (χ1) is 9.52. The highest BCUT2D eigenvalue weighted by Crippen LogP contribution is 2.11. The van der Waals surface area contributed by atoms with Crippen LogP contribution < -0.4 is 5.32 Å². The monoisotopic (exact) mass is 275 g/mol. The third-order valence-corrected chi connectivity index (χ3v) is 3.32. The Morgan fingerprint density at radius 1 is 1.40 bits per heavy atom. The molecule has 1 atom stereocenters. The molecule has 20 heavy (non-hydrogen) atoms. The molecule has 0 bridgehead atoms. The van der Waals surface area contributed by atoms with Crippen molar-refractivity contribution in [1.29, 1.82) is 0 Å². The van der Waals surface area contributed by atoms with Crippen LogP contribution in [0.25, 0.3) is 6.08 Å². The molecule has 3 heteroatoms. The molecule has 1 aromatic carbocycles. The van der Waals surface area contributed by atoms with Gasteiger partial charge in [-0.05, 0) is 49.8 Å². The molecule has 2 N–H and O–H groups in total. The quantitative estimate of drug-likeness (QED) is 0.594. The van der Waals surface area contributed by atoms with E-state index < -0.39 is 0 Å². The zero-order valence-corrected chi connectivity index (χ0v) is 12.6. The van der Waals surface area contributed by atoms with Crippen LogP contribution in [-0.2, 0) is 4.79 Å². The fourth-order valence-corrected chi connectivity index (χ4v) is 1.99. The number of hydrogen-bond donors (Lipinski definition) is 2. The van der Waals surface area contributed by atoms with Gasteiger partial charge >= 0.3 is 0 Å². The van der Waals surface area contributed by atoms with Crippen molar-refractivity contribution in [3.05, 3.63) is 41.0 Å². The smallest absolute Gasteiger partial charge is 0.243 e. The maximum absolute atomic E-state index is 11.7. The molecule has 1 amide bonds. The molecule has 0 aliphatic carbocycles. The van der Waals surface area contributed by atoms with Crippen molar-refractivity contribution in [2.75, 3.05) is 13.2 Å². The zero-order valence-electron chi connectivity index (χ0n) is 12.6. The number of aliphatic hydroxyl groups excluding tert-OH is 1. The second-order valence-electron chi connectivity index (χ2n) is 5.41. The van der Waals surface area contributed by atoms with Crippen molar-refractivity contribution < 1.29 is 9.90 Å². The van der Waals surface area contributed by atoms with E-state index in [1.54, 1.807) is 6.08 Å². The number of nitrogens with one attached hydrogen (secondary N) is 1. The lowest BCUT2D eigenvalue weighted by molar-refractivity contribution is -0.116. The Morgan fingerprint density at radius 3 is 2.80 bits per heavy atom. The summed E-state index contributed by atoms with van der Waals surface area (Å²) in [4.78, 5) is 11.7. The van der Waals surface area contributed by atoms with Gasteiger partial charge in [0.15, 0.2) is 0 Å². The zero-order chi connectivity index (χ0) is 15.0. The first kappa shape index (κ1) is 16.4. The third-order valence-electron chi connectivity index (χ3n) is 3.32. The first-order valence-electron chi connectivity index (χ1n) is 7.17. The van der Waals surface area contributed by atoms with Gasteiger partial charge in [0.1, 0.15) is 0 Å². The van der Waals surface area contributed by atoms with Crippen molar-refractivity contribution in [1.82, 2.24) is 5.32 Å². The van der Waals surface area contributed by atoms with Crippen LogP contribution in [0.4, 0.5) is 0 Å². The van der Waals surface area contributed by atoms with Crippen LogP contribution in [0.3, 0.4) is 0 Å². The highest BCUT2D eigenvalue weighted by Gasteiger charge is 2.00. The molecule has 0 aliphatic heterocycles. The normalized spacial score (nSPS) is 12.6. The Kier molecular flexibility index (Phi) is 7.02. The van der Waals surface area contributed by atoms with E-state index in [2.05, 4.69) is 18.3 Å². The van der Waals surface area contributed by atoms with Gasteiger partial charge in [-0.3, -0.25) is 4.79 Å². The number of amides is 1. The van der Waals surface area contributed by atoms with Gasteiger partial charge in [0.05, 0.1) is 0 Å². The molecule has 110 valence electrons. The van der Waals surface area contributed by atoms with Gasteiger partial charge in [0.25, 0.3) is 0 Å². The summed E-state index contributed by atoms with van der Waals surface area (Å²) in [6.07, 6.45) is 5.25. The highest BCUT2D eigenvalue weighted by atomic mass is 16.3. The van der Waals surface area contributed by atoms with Crippen LogP contribution in [0, 0.1) is 19.8 Å². The minimum absolute atomic E-state index is 0.0679. The summed E-state index contributed by atoms with van der Waals surface area (Å²) in [6, 6.07) is 6.17. The highest BCUT2D eigenvalue weighted by molar-refractivity contribution is 5.91. The van der Waals surface area contributed by atoms with Gasteiger partial charge in [-0.2, -0.15) is 0 Å². The molecule has 0 heterocycles. The molecule has 0 aliphatic rings. The molecule has 0 spiro atoms. The maximum atomic E-state index is 11.7. The summed E-state index contributed by atoms with van der Waals surface area (Å²) < 4.78 is 0. The Hall–Kier alpha value is -1.61. The van der Waals surface area contributed by atoms with E-state index in [0.29, 0.717) is 12.5 Å². The van der Waals surface area contributed by atoms with E-state index in [-0.39, 0.29) is 12.5 Å². The standard InChI is InChI=1S/C17H25NO2/c1-13-6-7-16(15(3)11-13)8-9-17(20)18-10-4-5-14(2)12-19/h6-9,11,14,19H,4-5,10,12H2,1-3H3,(H,18,20)/b9-8+. The number of aryl methyl sites for hydroxylation is 2. The molecule has 3 nitrogen and oxygen atoms in total. The van der Waals surface area contributed by atoms with Gasteiger partial charge in [-0.15, -0.1) is 0 Å². The summed E-state index contributed by atoms with van der Waals surface area (Å²) in [5.74, 6) is 0.235. The van der Waals surface area contributed by atoms with Crippen LogP contribution in [0.1, 0.15) is 36.5 Å². The summed E-state index contributed by atoms with van der Waals surface area (Å²) in [7, 11) is 0. The van der Waals surface area contributed by atoms with Crippen LogP contribution >= 0.6 is 0 Å². The van der Waals surface area contributed by atoms with E-state index in [1.807, 2.05) is 32.1 Å². The van der Waals surface area contributed by atoms with Crippen molar-refractivity contribution >= 4 is 12.0 Å². The van der Waals surface area contributed by atoms with Gasteiger partial charge in [-0.25, -0.2) is 0 Å². The number of benzene rings is 1. The molecule has 0 radical (unpaired) electrons. The van der Waals surface area contributed by atoms with Crippen molar-refractivity contribution in [3.63, 3.8) is 0 Å². The van der Waals surface area contributed by atoms with Crippen molar-refractivity contribution in [2.45, 2.75) is 33.6 Å². The van der Waals surface area contributed by atoms with Crippen molar-refractivity contribution in [3.8, 4) is 0 Å². The lowest BCUT2D eigenvalue weighted by Crippen LogP contribution is -2.22. The molecule has 1 unspecified atom stereocenters. The Morgan fingerprint density at radius 2 is 2.15 bits per heavy atom. The summed E-state index contributed by atoms with van der Waals surface area (Å²) in [6.45, 7) is 6.96. The van der Waals surface area contributed by atoms with Crippen LogP contribution in [-0.4, -0.2) is 24.2 Å². The minimum atomic E-state index is -0.0679. The molecular weight excluding hydrogens is 250 g/mol. The number of hydrogen-bond acceptors (Lipinski definition) is 2. The minimum Gasteiger partial charge on any atom is -0.396 e. The molecule has 0 saturated heterocycles. The first-order valence-corrected chi connectivity index (χ1v) is 7.17. The van der Waals surface area contributed by atoms with Crippen LogP contribution in [0.2, 0.25) is 0 Å². The number of carbonyl (C=O) groups excluding carboxylic acids is 1. The van der Waals surface area contributed by atoms with Crippen molar-refractivity contribution in [2.24, 2.45) is 5.92 Å². The lowest BCUT2D eigenvalue weighted by Gasteiger charge is -2.07. The average molecular weight is 275 g/mol. The third kappa shape index (κ3) is 6.02. The summed E-state index contributed by atoms with van der Waals surface area (Å²) >= 11 is 0. The van der Waals surface area contributed by atoms with Crippen LogP contribution in [0.15, 0.2) is 24.3 Å². The Balaban J connectivity index is 2.36. The van der Waals surface area contributed by atoms with Gasteiger partial charge in [-0.1, -0.05) is 30.7 Å². The van der Waals surface area contributed by atoms with E-state index in [0.717, 1.165) is 18.4 Å². The largest absolute Gasteiger partial charge is 0.396 e. The average Bonchev–Trinajstić information content (AvgIpc) is 2.42. The lowest BCUT2D eigenvalue weighted by atomic mass is 10.1. The topological polar surface area (TPSA) is 49.3 Å². The van der Waals surface area contributed by atoms with E-state index in [9.17, 15) is 4.79 Å². The maximum Gasteiger partial charge on any atom is 0.243 e. The number of rotatable bonds is 7. The predicted octanol–water partition coefficient (Wildman–Crippen LogP) is 2.84. The number of aliphatic hydroxyl groups is 1. The van der Waals surface area contributed by atoms with Gasteiger partial charge in [0.2, 0.25) is 5.91 Å². The van der Waals surface area contributed by atoms with E-state index in [1.165, 1.54) is 11.1 Å². The SMILES string of the molecule is Cc1ccc(/C=C/C(=O)NCCCC(C)CO)c(C)c1. The summed E-state index contributed by atoms with van der Waals surface area (Å²) in [5, 5.41) is 11.8. The van der Waals surface area contributed by atoms with Crippen LogP contribution in [0.5, 0.6) is 0 Å². The fraction of sp³-hybridized carbons (Fsp3) is 0.471. The van der Waals surface area contributed by atoms with E-state index >= 15 is 0 Å². The van der Waals surface area contributed by atoms with E-state index in [4.69, 9.17) is 5.11 Å². The Bertz CT molecular complexity index is 466. The second-order valence-corrected chi connectivity index (χ2v) is 5.41. The van der Waals surface area contributed by atoms with Gasteiger partial charge < -0.3 is 10.4 Å². The second kappa shape index (κ2) is 8.54. The Labute approximate surface area is 121 Å².